The van der Waals surface area contributed by atoms with Crippen LogP contribution >= 0.6 is 0 Å². The van der Waals surface area contributed by atoms with E-state index in [0.29, 0.717) is 11.3 Å². The highest BCUT2D eigenvalue weighted by atomic mass is 19.1. The van der Waals surface area contributed by atoms with Crippen LogP contribution in [-0.2, 0) is 0 Å². The summed E-state index contributed by atoms with van der Waals surface area (Å²) in [7, 11) is 0. The zero-order chi connectivity index (χ0) is 14.7. The van der Waals surface area contributed by atoms with Crippen molar-refractivity contribution in [2.75, 3.05) is 23.3 Å². The predicted octanol–water partition coefficient (Wildman–Crippen LogP) is 2.47. The number of hydrogen-bond acceptors (Lipinski definition) is 4. The molecule has 0 saturated carbocycles. The Kier molecular flexibility index (Phi) is 3.77. The van der Waals surface area contributed by atoms with Gasteiger partial charge in [-0.25, -0.2) is 9.97 Å². The fourth-order valence-corrected chi connectivity index (χ4v) is 2.38. The van der Waals surface area contributed by atoms with Crippen LogP contribution in [0.1, 0.15) is 23.2 Å². The molecule has 3 heterocycles. The minimum atomic E-state index is -0.606. The lowest BCUT2D eigenvalue weighted by molar-refractivity contribution is 0.102. The Morgan fingerprint density at radius 2 is 2.00 bits per heavy atom. The molecule has 1 fully saturated rings. The van der Waals surface area contributed by atoms with Crippen LogP contribution in [0.2, 0.25) is 0 Å². The van der Waals surface area contributed by atoms with Crippen molar-refractivity contribution in [1.29, 1.82) is 0 Å². The lowest BCUT2D eigenvalue weighted by atomic mass is 10.2. The third-order valence-electron chi connectivity index (χ3n) is 3.43. The molecule has 0 spiro atoms. The molecule has 1 saturated heterocycles. The van der Waals surface area contributed by atoms with Gasteiger partial charge in [0.15, 0.2) is 5.82 Å². The summed E-state index contributed by atoms with van der Waals surface area (Å²) < 4.78 is 12.8. The molecule has 2 aromatic rings. The van der Waals surface area contributed by atoms with Crippen molar-refractivity contribution in [3.8, 4) is 0 Å². The number of halogens is 1. The number of pyridine rings is 2. The second-order valence-electron chi connectivity index (χ2n) is 4.89. The fraction of sp³-hybridized carbons (Fsp3) is 0.267. The molecule has 0 aliphatic carbocycles. The molecule has 0 bridgehead atoms. The molecular weight excluding hydrogens is 271 g/mol. The van der Waals surface area contributed by atoms with Crippen molar-refractivity contribution in [2.45, 2.75) is 12.8 Å². The van der Waals surface area contributed by atoms with Gasteiger partial charge in [-0.2, -0.15) is 4.39 Å². The normalized spacial score (nSPS) is 14.2. The van der Waals surface area contributed by atoms with E-state index in [9.17, 15) is 9.18 Å². The van der Waals surface area contributed by atoms with Crippen LogP contribution < -0.4 is 10.2 Å². The van der Waals surface area contributed by atoms with E-state index >= 15 is 0 Å². The minimum Gasteiger partial charge on any atom is -0.355 e. The Morgan fingerprint density at radius 3 is 2.71 bits per heavy atom. The van der Waals surface area contributed by atoms with E-state index in [1.54, 1.807) is 12.3 Å². The Hall–Kier alpha value is -2.50. The molecule has 1 aliphatic rings. The van der Waals surface area contributed by atoms with Gasteiger partial charge in [0, 0.05) is 25.5 Å². The quantitative estimate of drug-likeness (QED) is 0.881. The van der Waals surface area contributed by atoms with Gasteiger partial charge in [0.1, 0.15) is 0 Å². The van der Waals surface area contributed by atoms with Crippen LogP contribution in [0.25, 0.3) is 0 Å². The standard InChI is InChI=1S/C15H15FN4O/c16-13-6-5-11(10-18-13)15(21)19-12-4-3-7-17-14(12)20-8-1-2-9-20/h3-7,10H,1-2,8-9H2,(H,19,21). The average Bonchev–Trinajstić information content (AvgIpc) is 3.02. The monoisotopic (exact) mass is 286 g/mol. The number of carbonyl (C=O) groups excluding carboxylic acids is 1. The summed E-state index contributed by atoms with van der Waals surface area (Å²) in [5.41, 5.74) is 0.973. The van der Waals surface area contributed by atoms with Gasteiger partial charge in [-0.1, -0.05) is 0 Å². The van der Waals surface area contributed by atoms with Gasteiger partial charge in [-0.3, -0.25) is 4.79 Å². The molecule has 2 aromatic heterocycles. The summed E-state index contributed by atoms with van der Waals surface area (Å²) in [6.45, 7) is 1.88. The van der Waals surface area contributed by atoms with Crippen LogP contribution in [0, 0.1) is 5.95 Å². The van der Waals surface area contributed by atoms with Crippen molar-refractivity contribution in [2.24, 2.45) is 0 Å². The third kappa shape index (κ3) is 2.99. The summed E-state index contributed by atoms with van der Waals surface area (Å²) in [5, 5.41) is 2.82. The van der Waals surface area contributed by atoms with Gasteiger partial charge in [0.25, 0.3) is 5.91 Å². The number of rotatable bonds is 3. The van der Waals surface area contributed by atoms with Gasteiger partial charge in [0.05, 0.1) is 11.3 Å². The summed E-state index contributed by atoms with van der Waals surface area (Å²) in [6.07, 6.45) is 5.19. The Bertz CT molecular complexity index is 638. The van der Waals surface area contributed by atoms with Gasteiger partial charge < -0.3 is 10.2 Å². The van der Waals surface area contributed by atoms with Crippen LogP contribution in [0.3, 0.4) is 0 Å². The van der Waals surface area contributed by atoms with E-state index in [0.717, 1.165) is 31.7 Å². The lowest BCUT2D eigenvalue weighted by Crippen LogP contribution is -2.22. The molecule has 1 amide bonds. The van der Waals surface area contributed by atoms with Gasteiger partial charge in [-0.05, 0) is 37.1 Å². The highest BCUT2D eigenvalue weighted by Gasteiger charge is 2.18. The number of hydrogen-bond donors (Lipinski definition) is 1. The number of aromatic nitrogens is 2. The van der Waals surface area contributed by atoms with Gasteiger partial charge >= 0.3 is 0 Å². The van der Waals surface area contributed by atoms with E-state index in [-0.39, 0.29) is 5.91 Å². The number of carbonyl (C=O) groups is 1. The van der Waals surface area contributed by atoms with Crippen molar-refractivity contribution in [1.82, 2.24) is 9.97 Å². The SMILES string of the molecule is O=C(Nc1cccnc1N1CCCC1)c1ccc(F)nc1. The highest BCUT2D eigenvalue weighted by molar-refractivity contribution is 6.05. The third-order valence-corrected chi connectivity index (χ3v) is 3.43. The van der Waals surface area contributed by atoms with E-state index in [1.165, 1.54) is 18.3 Å². The minimum absolute atomic E-state index is 0.313. The van der Waals surface area contributed by atoms with Gasteiger partial charge in [-0.15, -0.1) is 0 Å². The van der Waals surface area contributed by atoms with Crippen molar-refractivity contribution < 1.29 is 9.18 Å². The summed E-state index contributed by atoms with van der Waals surface area (Å²) >= 11 is 0. The molecule has 0 unspecified atom stereocenters. The van der Waals surface area contributed by atoms with E-state index in [4.69, 9.17) is 0 Å². The molecule has 108 valence electrons. The predicted molar refractivity (Wildman–Crippen MR) is 77.8 cm³/mol. The molecule has 1 N–H and O–H groups in total. The zero-order valence-corrected chi connectivity index (χ0v) is 11.4. The maximum atomic E-state index is 12.8. The van der Waals surface area contributed by atoms with E-state index < -0.39 is 5.95 Å². The van der Waals surface area contributed by atoms with E-state index in [2.05, 4.69) is 20.2 Å². The van der Waals surface area contributed by atoms with Crippen molar-refractivity contribution in [3.63, 3.8) is 0 Å². The maximum absolute atomic E-state index is 12.8. The van der Waals surface area contributed by atoms with Crippen molar-refractivity contribution >= 4 is 17.4 Å². The van der Waals surface area contributed by atoms with Crippen LogP contribution in [0.4, 0.5) is 15.9 Å². The first kappa shape index (κ1) is 13.5. The number of nitrogens with zero attached hydrogens (tertiary/aromatic N) is 3. The summed E-state index contributed by atoms with van der Waals surface area (Å²) in [6, 6.07) is 6.16. The Morgan fingerprint density at radius 1 is 1.19 bits per heavy atom. The maximum Gasteiger partial charge on any atom is 0.257 e. The molecule has 0 atom stereocenters. The van der Waals surface area contributed by atoms with Crippen LogP contribution in [0.5, 0.6) is 0 Å². The molecule has 6 heteroatoms. The lowest BCUT2D eigenvalue weighted by Gasteiger charge is -2.19. The molecule has 21 heavy (non-hydrogen) atoms. The summed E-state index contributed by atoms with van der Waals surface area (Å²) in [4.78, 5) is 22.2. The molecule has 1 aliphatic heterocycles. The molecule has 0 aromatic carbocycles. The zero-order valence-electron chi connectivity index (χ0n) is 11.4. The largest absolute Gasteiger partial charge is 0.355 e. The first-order chi connectivity index (χ1) is 10.2. The fourth-order valence-electron chi connectivity index (χ4n) is 2.38. The average molecular weight is 286 g/mol. The Balaban J connectivity index is 1.81. The molecule has 5 nitrogen and oxygen atoms in total. The van der Waals surface area contributed by atoms with Crippen LogP contribution in [0.15, 0.2) is 36.7 Å². The molecule has 3 rings (SSSR count). The van der Waals surface area contributed by atoms with E-state index in [1.807, 2.05) is 6.07 Å². The van der Waals surface area contributed by atoms with Gasteiger partial charge in [0.2, 0.25) is 5.95 Å². The second kappa shape index (κ2) is 5.87. The summed E-state index contributed by atoms with van der Waals surface area (Å²) in [5.74, 6) is -0.153. The van der Waals surface area contributed by atoms with Crippen molar-refractivity contribution in [3.05, 3.63) is 48.2 Å². The topological polar surface area (TPSA) is 58.1 Å². The second-order valence-corrected chi connectivity index (χ2v) is 4.89. The molecular formula is C15H15FN4O. The number of amides is 1. The first-order valence-corrected chi connectivity index (χ1v) is 6.87. The highest BCUT2D eigenvalue weighted by Crippen LogP contribution is 2.26. The van der Waals surface area contributed by atoms with Crippen LogP contribution in [-0.4, -0.2) is 29.0 Å². The number of nitrogens with one attached hydrogen (secondary N) is 1. The molecule has 0 radical (unpaired) electrons. The number of anilines is 2. The Labute approximate surface area is 121 Å². The smallest absolute Gasteiger partial charge is 0.257 e. The first-order valence-electron chi connectivity index (χ1n) is 6.87.